The van der Waals surface area contributed by atoms with Crippen LogP contribution in [0.2, 0.25) is 0 Å². The molecule has 0 fully saturated rings. The molecule has 0 saturated heterocycles. The smallest absolute Gasteiger partial charge is 0.303 e. The van der Waals surface area contributed by atoms with Gasteiger partial charge < -0.3 is 10.1 Å². The number of H-pyrrole nitrogens is 1. The Hall–Kier alpha value is -1.30. The van der Waals surface area contributed by atoms with Crippen LogP contribution in [0.3, 0.4) is 0 Å². The fraction of sp³-hybridized carbons (Fsp3) is 0.583. The summed E-state index contributed by atoms with van der Waals surface area (Å²) in [5, 5.41) is 8.62. The molecule has 18 heavy (non-hydrogen) atoms. The third-order valence-electron chi connectivity index (χ3n) is 2.45. The van der Waals surface area contributed by atoms with E-state index in [-0.39, 0.29) is 18.4 Å². The number of aromatic nitrogens is 2. The van der Waals surface area contributed by atoms with Crippen molar-refractivity contribution in [3.8, 4) is 0 Å². The minimum Gasteiger partial charge on any atom is -0.481 e. The van der Waals surface area contributed by atoms with Crippen LogP contribution in [0.25, 0.3) is 0 Å². The van der Waals surface area contributed by atoms with Gasteiger partial charge in [-0.05, 0) is 25.5 Å². The van der Waals surface area contributed by atoms with Gasteiger partial charge in [0, 0.05) is 17.7 Å². The SMILES string of the molecule is CCCSCc1nc(C)c(CCC(=O)O)c(=O)[nH]1. The molecule has 5 nitrogen and oxygen atoms in total. The molecule has 6 heteroatoms. The highest BCUT2D eigenvalue weighted by Crippen LogP contribution is 2.10. The Morgan fingerprint density at radius 3 is 2.78 bits per heavy atom. The number of aliphatic carboxylic acids is 1. The largest absolute Gasteiger partial charge is 0.481 e. The quantitative estimate of drug-likeness (QED) is 0.737. The van der Waals surface area contributed by atoms with Gasteiger partial charge in [0.05, 0.1) is 5.75 Å². The van der Waals surface area contributed by atoms with Crippen molar-refractivity contribution in [2.24, 2.45) is 0 Å². The molecule has 0 atom stereocenters. The van der Waals surface area contributed by atoms with Gasteiger partial charge in [-0.25, -0.2) is 4.98 Å². The maximum atomic E-state index is 11.8. The second-order valence-electron chi connectivity index (χ2n) is 4.02. The van der Waals surface area contributed by atoms with Crippen molar-refractivity contribution in [1.29, 1.82) is 0 Å². The van der Waals surface area contributed by atoms with E-state index in [1.807, 2.05) is 0 Å². The minimum atomic E-state index is -0.906. The number of carboxylic acids is 1. The fourth-order valence-electron chi connectivity index (χ4n) is 1.58. The molecule has 1 rings (SSSR count). The highest BCUT2D eigenvalue weighted by Gasteiger charge is 2.09. The summed E-state index contributed by atoms with van der Waals surface area (Å²) in [6, 6.07) is 0. The average molecular weight is 270 g/mol. The van der Waals surface area contributed by atoms with E-state index in [9.17, 15) is 9.59 Å². The molecule has 0 amide bonds. The standard InChI is InChI=1S/C12H18N2O3S/c1-3-6-18-7-10-13-8(2)9(12(17)14-10)4-5-11(15)16/h3-7H2,1-2H3,(H,15,16)(H,13,14,17). The first kappa shape index (κ1) is 14.8. The van der Waals surface area contributed by atoms with E-state index >= 15 is 0 Å². The zero-order chi connectivity index (χ0) is 13.5. The molecule has 0 spiro atoms. The number of nitrogens with zero attached hydrogens (tertiary/aromatic N) is 1. The van der Waals surface area contributed by atoms with Gasteiger partial charge in [-0.2, -0.15) is 11.8 Å². The molecule has 1 aromatic heterocycles. The number of hydrogen-bond acceptors (Lipinski definition) is 4. The van der Waals surface area contributed by atoms with Crippen molar-refractivity contribution in [3.05, 3.63) is 27.4 Å². The van der Waals surface area contributed by atoms with Gasteiger partial charge >= 0.3 is 5.97 Å². The van der Waals surface area contributed by atoms with Gasteiger partial charge in [-0.15, -0.1) is 0 Å². The summed E-state index contributed by atoms with van der Waals surface area (Å²) in [7, 11) is 0. The average Bonchev–Trinajstić information content (AvgIpc) is 2.28. The molecule has 0 aliphatic heterocycles. The maximum absolute atomic E-state index is 11.8. The van der Waals surface area contributed by atoms with Gasteiger partial charge in [-0.1, -0.05) is 6.92 Å². The van der Waals surface area contributed by atoms with Crippen LogP contribution in [0, 0.1) is 6.92 Å². The maximum Gasteiger partial charge on any atom is 0.303 e. The molecular formula is C12H18N2O3S. The summed E-state index contributed by atoms with van der Waals surface area (Å²) in [6.07, 6.45) is 1.27. The van der Waals surface area contributed by atoms with Crippen LogP contribution in [0.4, 0.5) is 0 Å². The highest BCUT2D eigenvalue weighted by atomic mass is 32.2. The van der Waals surface area contributed by atoms with Crippen molar-refractivity contribution < 1.29 is 9.90 Å². The van der Waals surface area contributed by atoms with Crippen molar-refractivity contribution in [2.45, 2.75) is 38.9 Å². The molecule has 0 aliphatic rings. The number of rotatable bonds is 7. The monoisotopic (exact) mass is 270 g/mol. The first-order chi connectivity index (χ1) is 8.54. The van der Waals surface area contributed by atoms with E-state index in [2.05, 4.69) is 16.9 Å². The number of nitrogens with one attached hydrogen (secondary N) is 1. The Bertz CT molecular complexity index is 471. The van der Waals surface area contributed by atoms with Crippen LogP contribution < -0.4 is 5.56 Å². The Morgan fingerprint density at radius 2 is 2.22 bits per heavy atom. The second kappa shape index (κ2) is 7.20. The zero-order valence-electron chi connectivity index (χ0n) is 10.7. The first-order valence-corrected chi connectivity index (χ1v) is 7.08. The lowest BCUT2D eigenvalue weighted by molar-refractivity contribution is -0.136. The third kappa shape index (κ3) is 4.52. The molecule has 0 aliphatic carbocycles. The van der Waals surface area contributed by atoms with Gasteiger partial charge in [-0.3, -0.25) is 9.59 Å². The van der Waals surface area contributed by atoms with Crippen LogP contribution >= 0.6 is 11.8 Å². The molecule has 0 saturated carbocycles. The predicted octanol–water partition coefficient (Wildman–Crippen LogP) is 1.74. The van der Waals surface area contributed by atoms with Crippen molar-refractivity contribution in [2.75, 3.05) is 5.75 Å². The molecular weight excluding hydrogens is 252 g/mol. The fourth-order valence-corrected chi connectivity index (χ4v) is 2.34. The van der Waals surface area contributed by atoms with Crippen LogP contribution in [0.15, 0.2) is 4.79 Å². The Kier molecular flexibility index (Phi) is 5.91. The number of carbonyl (C=O) groups is 1. The topological polar surface area (TPSA) is 83.0 Å². The summed E-state index contributed by atoms with van der Waals surface area (Å²) in [4.78, 5) is 29.3. The molecule has 0 radical (unpaired) electrons. The van der Waals surface area contributed by atoms with Crippen LogP contribution in [0.1, 0.15) is 36.8 Å². The molecule has 1 heterocycles. The number of aromatic amines is 1. The van der Waals surface area contributed by atoms with E-state index in [0.717, 1.165) is 12.2 Å². The Morgan fingerprint density at radius 1 is 1.50 bits per heavy atom. The lowest BCUT2D eigenvalue weighted by Crippen LogP contribution is -2.19. The number of hydrogen-bond donors (Lipinski definition) is 2. The molecule has 1 aromatic rings. The van der Waals surface area contributed by atoms with Crippen molar-refractivity contribution >= 4 is 17.7 Å². The number of carboxylic acid groups (broad SMARTS) is 1. The van der Waals surface area contributed by atoms with E-state index in [1.165, 1.54) is 0 Å². The van der Waals surface area contributed by atoms with Crippen LogP contribution in [-0.2, 0) is 17.0 Å². The zero-order valence-corrected chi connectivity index (χ0v) is 11.5. The molecule has 0 aromatic carbocycles. The summed E-state index contributed by atoms with van der Waals surface area (Å²) >= 11 is 1.72. The van der Waals surface area contributed by atoms with E-state index in [0.29, 0.717) is 22.8 Å². The highest BCUT2D eigenvalue weighted by molar-refractivity contribution is 7.98. The van der Waals surface area contributed by atoms with E-state index in [1.54, 1.807) is 18.7 Å². The normalized spacial score (nSPS) is 10.6. The molecule has 0 bridgehead atoms. The summed E-state index contributed by atoms with van der Waals surface area (Å²) < 4.78 is 0. The molecule has 2 N–H and O–H groups in total. The van der Waals surface area contributed by atoms with Crippen LogP contribution in [-0.4, -0.2) is 26.8 Å². The summed E-state index contributed by atoms with van der Waals surface area (Å²) in [6.45, 7) is 3.85. The molecule has 0 unspecified atom stereocenters. The number of thioether (sulfide) groups is 1. The van der Waals surface area contributed by atoms with Crippen LogP contribution in [0.5, 0.6) is 0 Å². The number of aryl methyl sites for hydroxylation is 1. The van der Waals surface area contributed by atoms with Crippen molar-refractivity contribution in [1.82, 2.24) is 9.97 Å². The third-order valence-corrected chi connectivity index (χ3v) is 3.62. The minimum absolute atomic E-state index is 0.0461. The lowest BCUT2D eigenvalue weighted by Gasteiger charge is -2.06. The van der Waals surface area contributed by atoms with Gasteiger partial charge in [0.1, 0.15) is 5.82 Å². The second-order valence-corrected chi connectivity index (χ2v) is 5.13. The van der Waals surface area contributed by atoms with Gasteiger partial charge in [0.25, 0.3) is 5.56 Å². The first-order valence-electron chi connectivity index (χ1n) is 5.92. The summed E-state index contributed by atoms with van der Waals surface area (Å²) in [5.74, 6) is 1.47. The summed E-state index contributed by atoms with van der Waals surface area (Å²) in [5.41, 5.74) is 0.893. The predicted molar refractivity (Wildman–Crippen MR) is 72.0 cm³/mol. The van der Waals surface area contributed by atoms with Gasteiger partial charge in [0.2, 0.25) is 0 Å². The molecule has 100 valence electrons. The van der Waals surface area contributed by atoms with E-state index < -0.39 is 5.97 Å². The van der Waals surface area contributed by atoms with E-state index in [4.69, 9.17) is 5.11 Å². The van der Waals surface area contributed by atoms with Gasteiger partial charge in [0.15, 0.2) is 0 Å². The van der Waals surface area contributed by atoms with Crippen molar-refractivity contribution in [3.63, 3.8) is 0 Å². The Labute approximate surface area is 110 Å². The lowest BCUT2D eigenvalue weighted by atomic mass is 10.1. The Balaban J connectivity index is 2.77.